The lowest BCUT2D eigenvalue weighted by Crippen LogP contribution is -2.46. The van der Waals surface area contributed by atoms with Gasteiger partial charge < -0.3 is 5.32 Å². The lowest BCUT2D eigenvalue weighted by atomic mass is 9.75. The van der Waals surface area contributed by atoms with Crippen molar-refractivity contribution in [3.05, 3.63) is 0 Å². The average molecular weight is 264 g/mol. The number of nitrogens with zero attached hydrogens (tertiary/aromatic N) is 1. The van der Waals surface area contributed by atoms with Gasteiger partial charge in [-0.15, -0.1) is 0 Å². The van der Waals surface area contributed by atoms with Gasteiger partial charge in [0.2, 0.25) is 0 Å². The van der Waals surface area contributed by atoms with Crippen LogP contribution in [0.25, 0.3) is 0 Å². The highest BCUT2D eigenvalue weighted by atomic mass is 15.2. The molecule has 1 N–H and O–H groups in total. The smallest absolute Gasteiger partial charge is 0.0124 e. The third-order valence-electron chi connectivity index (χ3n) is 6.38. The molecule has 0 aromatic heterocycles. The molecule has 2 saturated heterocycles. The molecule has 0 amide bonds. The van der Waals surface area contributed by atoms with Crippen molar-refractivity contribution in [2.24, 2.45) is 17.3 Å². The van der Waals surface area contributed by atoms with Crippen molar-refractivity contribution >= 4 is 0 Å². The molecule has 3 rings (SSSR count). The summed E-state index contributed by atoms with van der Waals surface area (Å²) in [6.07, 6.45) is 10.3. The quantitative estimate of drug-likeness (QED) is 0.838. The van der Waals surface area contributed by atoms with Crippen molar-refractivity contribution in [3.63, 3.8) is 0 Å². The molecule has 19 heavy (non-hydrogen) atoms. The van der Waals surface area contributed by atoms with Crippen molar-refractivity contribution < 1.29 is 0 Å². The van der Waals surface area contributed by atoms with Gasteiger partial charge in [-0.2, -0.15) is 0 Å². The van der Waals surface area contributed by atoms with Crippen LogP contribution in [0.1, 0.15) is 58.8 Å². The second kappa shape index (κ2) is 5.73. The molecule has 0 aromatic carbocycles. The van der Waals surface area contributed by atoms with E-state index < -0.39 is 0 Å². The topological polar surface area (TPSA) is 15.3 Å². The second-order valence-corrected chi connectivity index (χ2v) is 7.67. The monoisotopic (exact) mass is 264 g/mol. The Hall–Kier alpha value is -0.0800. The van der Waals surface area contributed by atoms with Gasteiger partial charge >= 0.3 is 0 Å². The minimum Gasteiger partial charge on any atom is -0.316 e. The fraction of sp³-hybridized carbons (Fsp3) is 1.00. The first-order chi connectivity index (χ1) is 9.21. The minimum absolute atomic E-state index is 0.557. The Morgan fingerprint density at radius 1 is 1.16 bits per heavy atom. The summed E-state index contributed by atoms with van der Waals surface area (Å²) < 4.78 is 0. The van der Waals surface area contributed by atoms with Crippen LogP contribution in [0.2, 0.25) is 0 Å². The lowest BCUT2D eigenvalue weighted by molar-refractivity contribution is 0.0882. The minimum atomic E-state index is 0.557. The maximum atomic E-state index is 3.63. The fourth-order valence-electron chi connectivity index (χ4n) is 4.90. The van der Waals surface area contributed by atoms with Gasteiger partial charge in [0.05, 0.1) is 0 Å². The summed E-state index contributed by atoms with van der Waals surface area (Å²) in [6, 6.07) is 0.929. The van der Waals surface area contributed by atoms with Crippen LogP contribution in [0.4, 0.5) is 0 Å². The van der Waals surface area contributed by atoms with Crippen molar-refractivity contribution in [1.82, 2.24) is 10.2 Å². The molecule has 0 radical (unpaired) electrons. The summed E-state index contributed by atoms with van der Waals surface area (Å²) >= 11 is 0. The van der Waals surface area contributed by atoms with Crippen LogP contribution < -0.4 is 5.32 Å². The zero-order valence-electron chi connectivity index (χ0n) is 13.0. The van der Waals surface area contributed by atoms with E-state index in [4.69, 9.17) is 0 Å². The van der Waals surface area contributed by atoms with E-state index in [1.807, 2.05) is 0 Å². The zero-order chi connectivity index (χ0) is 13.3. The van der Waals surface area contributed by atoms with Gasteiger partial charge in [0, 0.05) is 19.1 Å². The predicted molar refractivity (Wildman–Crippen MR) is 81.3 cm³/mol. The first-order valence-electron chi connectivity index (χ1n) is 8.66. The molecule has 1 aliphatic carbocycles. The highest BCUT2D eigenvalue weighted by Crippen LogP contribution is 2.40. The summed E-state index contributed by atoms with van der Waals surface area (Å²) in [5, 5.41) is 3.63. The van der Waals surface area contributed by atoms with Gasteiger partial charge in [0.25, 0.3) is 0 Å². The number of nitrogens with one attached hydrogen (secondary N) is 1. The summed E-state index contributed by atoms with van der Waals surface area (Å²) in [5.74, 6) is 1.84. The van der Waals surface area contributed by atoms with E-state index >= 15 is 0 Å². The Morgan fingerprint density at radius 2 is 1.95 bits per heavy atom. The second-order valence-electron chi connectivity index (χ2n) is 7.67. The largest absolute Gasteiger partial charge is 0.316 e. The standard InChI is InChI=1S/C17H32N2/c1-14(2)17(9-10-18-12-17)13-19-11-5-8-16(19)15-6-3-4-7-15/h14-16,18H,3-13H2,1-2H3. The lowest BCUT2D eigenvalue weighted by Gasteiger charge is -2.40. The molecule has 2 atom stereocenters. The molecule has 2 aliphatic heterocycles. The van der Waals surface area contributed by atoms with Gasteiger partial charge in [-0.25, -0.2) is 0 Å². The Morgan fingerprint density at radius 3 is 2.58 bits per heavy atom. The summed E-state index contributed by atoms with van der Waals surface area (Å²) in [5.41, 5.74) is 0.557. The molecule has 1 saturated carbocycles. The third-order valence-corrected chi connectivity index (χ3v) is 6.38. The molecule has 2 heterocycles. The van der Waals surface area contributed by atoms with Crippen molar-refractivity contribution in [2.75, 3.05) is 26.2 Å². The highest BCUT2D eigenvalue weighted by Gasteiger charge is 2.42. The molecule has 2 nitrogen and oxygen atoms in total. The van der Waals surface area contributed by atoms with Crippen LogP contribution in [0.15, 0.2) is 0 Å². The molecule has 3 aliphatic rings. The Bertz CT molecular complexity index is 288. The SMILES string of the molecule is CC(C)C1(CN2CCCC2C2CCCC2)CCNC1. The maximum absolute atomic E-state index is 3.63. The fourth-order valence-corrected chi connectivity index (χ4v) is 4.90. The number of hydrogen-bond donors (Lipinski definition) is 1. The molecule has 3 fully saturated rings. The Kier molecular flexibility index (Phi) is 4.19. The van der Waals surface area contributed by atoms with Crippen LogP contribution >= 0.6 is 0 Å². The maximum Gasteiger partial charge on any atom is 0.0124 e. The van der Waals surface area contributed by atoms with Crippen molar-refractivity contribution in [2.45, 2.75) is 64.8 Å². The third kappa shape index (κ3) is 2.71. The molecular formula is C17H32N2. The molecular weight excluding hydrogens is 232 g/mol. The predicted octanol–water partition coefficient (Wildman–Crippen LogP) is 3.28. The van der Waals surface area contributed by atoms with Crippen molar-refractivity contribution in [3.8, 4) is 0 Å². The van der Waals surface area contributed by atoms with Crippen molar-refractivity contribution in [1.29, 1.82) is 0 Å². The van der Waals surface area contributed by atoms with Gasteiger partial charge in [-0.1, -0.05) is 26.7 Å². The highest BCUT2D eigenvalue weighted by molar-refractivity contribution is 4.96. The van der Waals surface area contributed by atoms with E-state index in [2.05, 4.69) is 24.1 Å². The van der Waals surface area contributed by atoms with Crippen LogP contribution in [0, 0.1) is 17.3 Å². The van der Waals surface area contributed by atoms with Crippen LogP contribution in [0.3, 0.4) is 0 Å². The van der Waals surface area contributed by atoms with Crippen LogP contribution in [0.5, 0.6) is 0 Å². The number of likely N-dealkylation sites (tertiary alicyclic amines) is 1. The van der Waals surface area contributed by atoms with Gasteiger partial charge in [0.15, 0.2) is 0 Å². The van der Waals surface area contributed by atoms with E-state index in [1.165, 1.54) is 71.1 Å². The summed E-state index contributed by atoms with van der Waals surface area (Å²) in [7, 11) is 0. The van der Waals surface area contributed by atoms with Crippen LogP contribution in [-0.4, -0.2) is 37.1 Å². The number of rotatable bonds is 4. The van der Waals surface area contributed by atoms with Gasteiger partial charge in [-0.3, -0.25) is 4.90 Å². The summed E-state index contributed by atoms with van der Waals surface area (Å²) in [4.78, 5) is 2.89. The van der Waals surface area contributed by atoms with E-state index in [1.54, 1.807) is 0 Å². The first-order valence-corrected chi connectivity index (χ1v) is 8.66. The van der Waals surface area contributed by atoms with Gasteiger partial charge in [0.1, 0.15) is 0 Å². The first kappa shape index (κ1) is 13.9. The average Bonchev–Trinajstić information content (AvgIpc) is 3.09. The van der Waals surface area contributed by atoms with E-state index in [0.717, 1.165) is 17.9 Å². The van der Waals surface area contributed by atoms with Gasteiger partial charge in [-0.05, 0) is 62.4 Å². The number of hydrogen-bond acceptors (Lipinski definition) is 2. The Balaban J connectivity index is 1.66. The molecule has 0 aromatic rings. The molecule has 2 heteroatoms. The molecule has 0 spiro atoms. The van der Waals surface area contributed by atoms with E-state index in [0.29, 0.717) is 5.41 Å². The van der Waals surface area contributed by atoms with Crippen LogP contribution in [-0.2, 0) is 0 Å². The molecule has 0 bridgehead atoms. The molecule has 110 valence electrons. The van der Waals surface area contributed by atoms with E-state index in [-0.39, 0.29) is 0 Å². The summed E-state index contributed by atoms with van der Waals surface area (Å²) in [6.45, 7) is 10.1. The Labute approximate surface area is 119 Å². The molecule has 2 unspecified atom stereocenters. The zero-order valence-corrected chi connectivity index (χ0v) is 13.0. The normalized spacial score (nSPS) is 37.7. The van der Waals surface area contributed by atoms with E-state index in [9.17, 15) is 0 Å².